The number of nitrogens with zero attached hydrogens (tertiary/aromatic N) is 9. The number of anilines is 16. The molecule has 4 heterocycles. The molecule has 2 atom stereocenters. The van der Waals surface area contributed by atoms with Gasteiger partial charge in [0.15, 0.2) is 17.5 Å². The first kappa shape index (κ1) is 48.6. The van der Waals surface area contributed by atoms with Crippen molar-refractivity contribution in [2.45, 2.75) is 12.1 Å². The van der Waals surface area contributed by atoms with Crippen LogP contribution in [0.5, 0.6) is 0 Å². The van der Waals surface area contributed by atoms with Crippen molar-refractivity contribution in [3.8, 4) is 34.2 Å². The van der Waals surface area contributed by atoms with Crippen LogP contribution in [0.2, 0.25) is 0 Å². The summed E-state index contributed by atoms with van der Waals surface area (Å²) in [6.45, 7) is 0. The third-order valence-electron chi connectivity index (χ3n) is 16.4. The highest BCUT2D eigenvalue weighted by atomic mass is 15.3. The van der Waals surface area contributed by atoms with E-state index in [1.165, 1.54) is 0 Å². The van der Waals surface area contributed by atoms with Gasteiger partial charge in [0.25, 0.3) is 0 Å². The number of para-hydroxylation sites is 13. The van der Waals surface area contributed by atoms with Gasteiger partial charge in [0, 0.05) is 50.8 Å². The highest BCUT2D eigenvalue weighted by molar-refractivity contribution is 6.03. The lowest BCUT2D eigenvalue weighted by Gasteiger charge is -2.49. The summed E-state index contributed by atoms with van der Waals surface area (Å²) in [5.74, 6) is 1.75. The number of allylic oxidation sites excluding steroid dienone is 2. The second-order valence-electron chi connectivity index (χ2n) is 21.2. The molecule has 9 nitrogen and oxygen atoms in total. The fourth-order valence-corrected chi connectivity index (χ4v) is 12.7. The molecule has 84 heavy (non-hydrogen) atoms. The van der Waals surface area contributed by atoms with Crippen LogP contribution in [-0.4, -0.2) is 27.0 Å². The molecule has 11 aromatic carbocycles. The van der Waals surface area contributed by atoms with E-state index in [1.54, 1.807) is 0 Å². The summed E-state index contributed by atoms with van der Waals surface area (Å²) in [4.78, 5) is 30.3. The fraction of sp³-hybridized carbons (Fsp3) is 0.0267. The van der Waals surface area contributed by atoms with Gasteiger partial charge in [-0.1, -0.05) is 140 Å². The molecular formula is C75H53N9. The normalized spacial score (nSPS) is 15.4. The van der Waals surface area contributed by atoms with E-state index in [2.05, 4.69) is 339 Å². The maximum Gasteiger partial charge on any atom is 0.164 e. The second-order valence-corrected chi connectivity index (χ2v) is 21.2. The monoisotopic (exact) mass is 1080 g/mol. The van der Waals surface area contributed by atoms with Crippen LogP contribution in [0.1, 0.15) is 0 Å². The van der Waals surface area contributed by atoms with E-state index in [4.69, 9.17) is 15.0 Å². The Labute approximate surface area is 488 Å². The lowest BCUT2D eigenvalue weighted by Crippen LogP contribution is -2.52. The Morgan fingerprint density at radius 3 is 0.702 bits per heavy atom. The van der Waals surface area contributed by atoms with Crippen molar-refractivity contribution in [2.24, 2.45) is 0 Å². The summed E-state index contributed by atoms with van der Waals surface area (Å²) in [5, 5.41) is 0. The third-order valence-corrected chi connectivity index (χ3v) is 16.4. The molecule has 0 bridgehead atoms. The number of fused-ring (bicyclic) bond motifs is 6. The largest absolute Gasteiger partial charge is 0.330 e. The van der Waals surface area contributed by atoms with Crippen LogP contribution in [-0.2, 0) is 0 Å². The highest BCUT2D eigenvalue weighted by Crippen LogP contribution is 2.56. The standard InChI is InChI=1S/C75H53N9/c1-4-22-55(23-5-1)79-61-28-10-16-34-67(61)82(68-35-17-11-29-62(68)79)58-46-40-52(41-47-58)73-76-74(53-42-48-59(49-43-53)83-69-36-18-12-30-63(69)80(56-24-6-2-7-25-56)64-31-13-19-37-70(64)83)78-75(77-73)54-44-50-60(51-45-54)84-71-38-20-14-32-65(71)81(57-26-8-3-9-27-57)66-33-15-21-39-72(66)84/h1-51,61,67H. The quantitative estimate of drug-likeness (QED) is 0.141. The van der Waals surface area contributed by atoms with Crippen molar-refractivity contribution >= 4 is 91.0 Å². The van der Waals surface area contributed by atoms with Crippen molar-refractivity contribution in [3.63, 3.8) is 0 Å². The molecule has 398 valence electrons. The van der Waals surface area contributed by atoms with Gasteiger partial charge in [-0.05, 0) is 170 Å². The first-order valence-electron chi connectivity index (χ1n) is 28.5. The van der Waals surface area contributed by atoms with E-state index in [9.17, 15) is 0 Å². The molecule has 16 rings (SSSR count). The Kier molecular flexibility index (Phi) is 11.8. The van der Waals surface area contributed by atoms with E-state index in [0.717, 1.165) is 108 Å². The molecule has 0 spiro atoms. The number of hydrogen-bond acceptors (Lipinski definition) is 9. The van der Waals surface area contributed by atoms with Gasteiger partial charge >= 0.3 is 0 Å². The van der Waals surface area contributed by atoms with E-state index >= 15 is 0 Å². The highest BCUT2D eigenvalue weighted by Gasteiger charge is 2.39. The Hall–Kier alpha value is -11.3. The van der Waals surface area contributed by atoms with Crippen molar-refractivity contribution in [1.82, 2.24) is 15.0 Å². The second kappa shape index (κ2) is 20.4. The Bertz CT molecular complexity index is 4180. The van der Waals surface area contributed by atoms with Crippen molar-refractivity contribution in [1.29, 1.82) is 0 Å². The zero-order valence-electron chi connectivity index (χ0n) is 45.6. The third kappa shape index (κ3) is 8.20. The van der Waals surface area contributed by atoms with Gasteiger partial charge in [0.2, 0.25) is 0 Å². The van der Waals surface area contributed by atoms with Gasteiger partial charge in [-0.15, -0.1) is 0 Å². The molecule has 0 N–H and O–H groups in total. The number of aromatic nitrogens is 3. The smallest absolute Gasteiger partial charge is 0.164 e. The molecule has 12 aromatic rings. The summed E-state index contributed by atoms with van der Waals surface area (Å²) >= 11 is 0. The van der Waals surface area contributed by atoms with E-state index < -0.39 is 0 Å². The topological polar surface area (TPSA) is 58.1 Å². The minimum Gasteiger partial charge on any atom is -0.330 e. The molecule has 0 saturated heterocycles. The van der Waals surface area contributed by atoms with Crippen LogP contribution in [0, 0.1) is 0 Å². The predicted molar refractivity (Wildman–Crippen MR) is 345 cm³/mol. The summed E-state index contributed by atoms with van der Waals surface area (Å²) in [6, 6.07) is 101. The Morgan fingerprint density at radius 2 is 0.417 bits per heavy atom. The van der Waals surface area contributed by atoms with Gasteiger partial charge in [-0.2, -0.15) is 0 Å². The fourth-order valence-electron chi connectivity index (χ4n) is 12.7. The summed E-state index contributed by atoms with van der Waals surface area (Å²) in [6.07, 6.45) is 8.96. The van der Waals surface area contributed by atoms with Gasteiger partial charge in [0.05, 0.1) is 69.0 Å². The predicted octanol–water partition coefficient (Wildman–Crippen LogP) is 19.5. The van der Waals surface area contributed by atoms with Crippen molar-refractivity contribution in [2.75, 3.05) is 29.4 Å². The first-order chi connectivity index (χ1) is 41.7. The van der Waals surface area contributed by atoms with Crippen molar-refractivity contribution < 1.29 is 0 Å². The SMILES string of the molecule is C1=CC2C(C=C1)N(c1ccc(-c3nc(-c4ccc(N5c6ccccc6N(c6ccccc6)c6ccccc65)cc4)nc(-c4ccc(N5c6ccccc6N(c6ccccc6)c6ccccc65)cc4)n3)cc1)c1ccccc1N2c1ccccc1. The first-order valence-corrected chi connectivity index (χ1v) is 28.5. The average molecular weight is 1080 g/mol. The summed E-state index contributed by atoms with van der Waals surface area (Å²) in [5.41, 5.74) is 20.2. The van der Waals surface area contributed by atoms with Crippen LogP contribution in [0.15, 0.2) is 309 Å². The molecule has 3 aliphatic heterocycles. The van der Waals surface area contributed by atoms with E-state index in [-0.39, 0.29) is 12.1 Å². The average Bonchev–Trinajstić information content (AvgIpc) is 2.50. The molecule has 0 amide bonds. The molecule has 9 heteroatoms. The van der Waals surface area contributed by atoms with Crippen LogP contribution < -0.4 is 29.4 Å². The number of hydrogen-bond donors (Lipinski definition) is 0. The van der Waals surface area contributed by atoms with Crippen LogP contribution in [0.25, 0.3) is 34.2 Å². The van der Waals surface area contributed by atoms with Crippen molar-refractivity contribution in [3.05, 3.63) is 309 Å². The van der Waals surface area contributed by atoms with Gasteiger partial charge in [-0.25, -0.2) is 15.0 Å². The molecule has 0 fully saturated rings. The zero-order valence-corrected chi connectivity index (χ0v) is 45.6. The van der Waals surface area contributed by atoms with Gasteiger partial charge in [-0.3, -0.25) is 0 Å². The van der Waals surface area contributed by atoms with Gasteiger partial charge in [0.1, 0.15) is 0 Å². The molecule has 2 unspecified atom stereocenters. The minimum absolute atomic E-state index is 0.0432. The molecular weight excluding hydrogens is 1030 g/mol. The molecule has 0 radical (unpaired) electrons. The van der Waals surface area contributed by atoms with E-state index in [0.29, 0.717) is 17.5 Å². The molecule has 1 aliphatic carbocycles. The molecule has 0 saturated carbocycles. The maximum atomic E-state index is 5.32. The maximum absolute atomic E-state index is 5.32. The Morgan fingerprint density at radius 1 is 0.202 bits per heavy atom. The molecule has 4 aliphatic rings. The zero-order chi connectivity index (χ0) is 55.5. The summed E-state index contributed by atoms with van der Waals surface area (Å²) in [7, 11) is 0. The van der Waals surface area contributed by atoms with Crippen LogP contribution >= 0.6 is 0 Å². The van der Waals surface area contributed by atoms with E-state index in [1.807, 2.05) is 0 Å². The van der Waals surface area contributed by atoms with Crippen LogP contribution in [0.4, 0.5) is 91.0 Å². The summed E-state index contributed by atoms with van der Waals surface area (Å²) < 4.78 is 0. The lowest BCUT2D eigenvalue weighted by atomic mass is 9.92. The Balaban J connectivity index is 0.789. The minimum atomic E-state index is 0.0432. The van der Waals surface area contributed by atoms with Gasteiger partial charge < -0.3 is 29.4 Å². The number of benzene rings is 11. The lowest BCUT2D eigenvalue weighted by molar-refractivity contribution is 0.638. The van der Waals surface area contributed by atoms with Crippen LogP contribution in [0.3, 0.4) is 0 Å². The molecule has 1 aromatic heterocycles. The number of rotatable bonds is 9.